The molecule has 0 atom stereocenters. The van der Waals surface area contributed by atoms with Crippen molar-refractivity contribution in [3.05, 3.63) is 62.6 Å². The number of nitrogens with one attached hydrogen (secondary N) is 1. The molecule has 0 aliphatic rings. The number of rotatable bonds is 3. The third-order valence-electron chi connectivity index (χ3n) is 2.67. The molecule has 0 radical (unpaired) electrons. The minimum absolute atomic E-state index is 0.475. The zero-order chi connectivity index (χ0) is 14.7. The smallest absolute Gasteiger partial charge is 0.330 e. The molecule has 0 saturated carbocycles. The number of pyridine rings is 1. The molecule has 0 fully saturated rings. The molecule has 7 heteroatoms. The highest BCUT2D eigenvalue weighted by molar-refractivity contribution is 6.07. The van der Waals surface area contributed by atoms with Crippen LogP contribution in [0.3, 0.4) is 0 Å². The Balaban J connectivity index is 2.41. The first-order chi connectivity index (χ1) is 9.50. The van der Waals surface area contributed by atoms with E-state index in [2.05, 4.69) is 4.98 Å². The highest BCUT2D eigenvalue weighted by atomic mass is 16.3. The molecule has 0 aliphatic heterocycles. The van der Waals surface area contributed by atoms with Gasteiger partial charge in [-0.25, -0.2) is 4.79 Å². The van der Waals surface area contributed by atoms with Crippen LogP contribution in [0, 0.1) is 0 Å². The van der Waals surface area contributed by atoms with Gasteiger partial charge >= 0.3 is 5.69 Å². The van der Waals surface area contributed by atoms with Crippen LogP contribution in [0.2, 0.25) is 0 Å². The van der Waals surface area contributed by atoms with E-state index in [0.29, 0.717) is 5.56 Å². The van der Waals surface area contributed by atoms with Crippen molar-refractivity contribution in [3.63, 3.8) is 0 Å². The molecular formula is C13H11N3O4. The lowest BCUT2D eigenvalue weighted by Crippen LogP contribution is -2.32. The number of hydrogen-bond donors (Lipinski definition) is 2. The van der Waals surface area contributed by atoms with Crippen LogP contribution in [0.25, 0.3) is 6.08 Å². The predicted octanol–water partition coefficient (Wildman–Crippen LogP) is 0.0703. The van der Waals surface area contributed by atoms with E-state index in [4.69, 9.17) is 0 Å². The molecule has 20 heavy (non-hydrogen) atoms. The van der Waals surface area contributed by atoms with E-state index in [-0.39, 0.29) is 0 Å². The Morgan fingerprint density at radius 3 is 2.65 bits per heavy atom. The number of nitrogens with zero attached hydrogens (tertiary/aromatic N) is 2. The summed E-state index contributed by atoms with van der Waals surface area (Å²) in [7, 11) is 1.25. The van der Waals surface area contributed by atoms with Gasteiger partial charge in [-0.05, 0) is 23.8 Å². The molecule has 2 N–H and O–H groups in total. The molecule has 2 aromatic rings. The Morgan fingerprint density at radius 2 is 2.00 bits per heavy atom. The van der Waals surface area contributed by atoms with Crippen LogP contribution in [0.1, 0.15) is 15.9 Å². The van der Waals surface area contributed by atoms with E-state index in [1.165, 1.54) is 13.1 Å². The maximum Gasteiger partial charge on any atom is 0.330 e. The second kappa shape index (κ2) is 5.35. The van der Waals surface area contributed by atoms with Crippen molar-refractivity contribution >= 4 is 11.9 Å². The number of carbonyl (C=O) groups is 1. The maximum absolute atomic E-state index is 11.9. The van der Waals surface area contributed by atoms with Gasteiger partial charge in [-0.1, -0.05) is 6.08 Å². The molecule has 0 amide bonds. The molecular weight excluding hydrogens is 262 g/mol. The predicted molar refractivity (Wildman–Crippen MR) is 71.6 cm³/mol. The zero-order valence-electron chi connectivity index (χ0n) is 10.5. The Hall–Kier alpha value is -2.96. The van der Waals surface area contributed by atoms with Gasteiger partial charge in [0.15, 0.2) is 5.78 Å². The molecule has 0 spiro atoms. The normalized spacial score (nSPS) is 10.8. The van der Waals surface area contributed by atoms with Gasteiger partial charge < -0.3 is 5.11 Å². The number of H-pyrrole nitrogens is 1. The second-order valence-corrected chi connectivity index (χ2v) is 4.00. The van der Waals surface area contributed by atoms with Crippen molar-refractivity contribution in [2.24, 2.45) is 7.05 Å². The largest absolute Gasteiger partial charge is 0.494 e. The number of allylic oxidation sites excluding steroid dienone is 1. The van der Waals surface area contributed by atoms with Gasteiger partial charge in [0.05, 0.1) is 0 Å². The average molecular weight is 273 g/mol. The topological polar surface area (TPSA) is 105 Å². The second-order valence-electron chi connectivity index (χ2n) is 4.00. The number of ketones is 1. The summed E-state index contributed by atoms with van der Waals surface area (Å²) in [6, 6.07) is 3.35. The highest BCUT2D eigenvalue weighted by Crippen LogP contribution is 2.10. The van der Waals surface area contributed by atoms with E-state index < -0.39 is 28.5 Å². The van der Waals surface area contributed by atoms with E-state index >= 15 is 0 Å². The van der Waals surface area contributed by atoms with Crippen LogP contribution in [0.5, 0.6) is 5.88 Å². The minimum Gasteiger partial charge on any atom is -0.494 e. The summed E-state index contributed by atoms with van der Waals surface area (Å²) in [4.78, 5) is 40.5. The molecule has 7 nitrogen and oxygen atoms in total. The summed E-state index contributed by atoms with van der Waals surface area (Å²) < 4.78 is 0.787. The van der Waals surface area contributed by atoms with Gasteiger partial charge in [0.25, 0.3) is 5.56 Å². The Labute approximate surface area is 112 Å². The molecule has 102 valence electrons. The molecule has 2 heterocycles. The summed E-state index contributed by atoms with van der Waals surface area (Å²) in [6.07, 6.45) is 5.74. The number of hydrogen-bond acceptors (Lipinski definition) is 5. The Morgan fingerprint density at radius 1 is 1.35 bits per heavy atom. The fraction of sp³-hybridized carbons (Fsp3) is 0.0769. The van der Waals surface area contributed by atoms with Crippen molar-refractivity contribution in [1.29, 1.82) is 0 Å². The fourth-order valence-corrected chi connectivity index (χ4v) is 1.56. The van der Waals surface area contributed by atoms with E-state index in [1.807, 2.05) is 4.98 Å². The average Bonchev–Trinajstić information content (AvgIpc) is 2.44. The first-order valence-corrected chi connectivity index (χ1v) is 5.65. The van der Waals surface area contributed by atoms with E-state index in [9.17, 15) is 19.5 Å². The third kappa shape index (κ3) is 2.56. The summed E-state index contributed by atoms with van der Waals surface area (Å²) in [5, 5.41) is 9.71. The molecule has 0 aromatic carbocycles. The van der Waals surface area contributed by atoms with Gasteiger partial charge in [-0.2, -0.15) is 0 Å². The lowest BCUT2D eigenvalue weighted by Gasteiger charge is -2.03. The van der Waals surface area contributed by atoms with Gasteiger partial charge in [0, 0.05) is 19.4 Å². The molecule has 2 aromatic heterocycles. The van der Waals surface area contributed by atoms with Crippen LogP contribution in [-0.4, -0.2) is 25.4 Å². The van der Waals surface area contributed by atoms with Crippen molar-refractivity contribution in [2.75, 3.05) is 0 Å². The van der Waals surface area contributed by atoms with Gasteiger partial charge in [-0.15, -0.1) is 0 Å². The zero-order valence-corrected chi connectivity index (χ0v) is 10.5. The first kappa shape index (κ1) is 13.5. The van der Waals surface area contributed by atoms with Gasteiger partial charge in [0.1, 0.15) is 5.56 Å². The summed E-state index contributed by atoms with van der Waals surface area (Å²) in [5.74, 6) is -1.36. The van der Waals surface area contributed by atoms with Crippen molar-refractivity contribution in [1.82, 2.24) is 14.5 Å². The van der Waals surface area contributed by atoms with Crippen LogP contribution in [0.4, 0.5) is 0 Å². The number of aromatic amines is 1. The number of aromatic nitrogens is 3. The van der Waals surface area contributed by atoms with Crippen LogP contribution < -0.4 is 11.2 Å². The third-order valence-corrected chi connectivity index (χ3v) is 2.67. The maximum atomic E-state index is 11.9. The molecule has 2 rings (SSSR count). The lowest BCUT2D eigenvalue weighted by atomic mass is 10.1. The summed E-state index contributed by atoms with van der Waals surface area (Å²) in [5.41, 5.74) is -1.47. The van der Waals surface area contributed by atoms with E-state index in [0.717, 1.165) is 10.6 Å². The number of aromatic hydroxyl groups is 1. The summed E-state index contributed by atoms with van der Waals surface area (Å²) >= 11 is 0. The van der Waals surface area contributed by atoms with Gasteiger partial charge in [0.2, 0.25) is 5.88 Å². The van der Waals surface area contributed by atoms with Crippen LogP contribution >= 0.6 is 0 Å². The van der Waals surface area contributed by atoms with Crippen molar-refractivity contribution in [3.8, 4) is 5.88 Å². The lowest BCUT2D eigenvalue weighted by molar-refractivity contribution is 0.104. The molecule has 0 bridgehead atoms. The first-order valence-electron chi connectivity index (χ1n) is 5.65. The molecule has 0 unspecified atom stereocenters. The standard InChI is InChI=1S/C13H11N3O4/c1-16-12(19)10(11(18)15-13(16)20)9(17)3-2-8-4-6-14-7-5-8/h2-7,19H,1H3,(H,15,18,20). The Kier molecular flexibility index (Phi) is 3.60. The van der Waals surface area contributed by atoms with Crippen molar-refractivity contribution in [2.45, 2.75) is 0 Å². The quantitative estimate of drug-likeness (QED) is 0.608. The van der Waals surface area contributed by atoms with Crippen LogP contribution in [-0.2, 0) is 7.05 Å². The van der Waals surface area contributed by atoms with Gasteiger partial charge in [-0.3, -0.25) is 24.1 Å². The SMILES string of the molecule is Cn1c(O)c(C(=O)C=Cc2ccncc2)c(=O)[nH]c1=O. The minimum atomic E-state index is -0.921. The number of carbonyl (C=O) groups excluding carboxylic acids is 1. The van der Waals surface area contributed by atoms with Crippen molar-refractivity contribution < 1.29 is 9.90 Å². The monoisotopic (exact) mass is 273 g/mol. The fourth-order valence-electron chi connectivity index (χ4n) is 1.56. The van der Waals surface area contributed by atoms with E-state index in [1.54, 1.807) is 24.5 Å². The van der Waals surface area contributed by atoms with Crippen LogP contribution in [0.15, 0.2) is 40.2 Å². The highest BCUT2D eigenvalue weighted by Gasteiger charge is 2.17. The molecule has 0 aliphatic carbocycles. The molecule has 0 saturated heterocycles. The summed E-state index contributed by atoms with van der Waals surface area (Å²) in [6.45, 7) is 0. The Bertz CT molecular complexity index is 787.